The smallest absolute Gasteiger partial charge is 0.404 e. The van der Waals surface area contributed by atoms with Gasteiger partial charge in [0.15, 0.2) is 23.6 Å². The van der Waals surface area contributed by atoms with Crippen LogP contribution >= 0.6 is 0 Å². The van der Waals surface area contributed by atoms with Crippen molar-refractivity contribution in [3.8, 4) is 11.5 Å². The maximum atomic E-state index is 12.5. The third kappa shape index (κ3) is 4.64. The van der Waals surface area contributed by atoms with E-state index in [0.717, 1.165) is 12.8 Å². The van der Waals surface area contributed by atoms with Gasteiger partial charge in [0, 0.05) is 18.6 Å². The number of aliphatic hydroxyl groups is 1. The number of nitrogens with one attached hydrogen (secondary N) is 1. The van der Waals surface area contributed by atoms with Crippen molar-refractivity contribution in [2.24, 2.45) is 11.7 Å². The number of methoxy groups -OCH3 is 1. The Hall–Kier alpha value is -3.35. The monoisotopic (exact) mass is 492 g/mol. The highest BCUT2D eigenvalue weighted by atomic mass is 16.7. The van der Waals surface area contributed by atoms with Gasteiger partial charge in [0.1, 0.15) is 17.4 Å². The Bertz CT molecular complexity index is 1220. The fraction of sp³-hybridized carbons (Fsp3) is 0.522. The molecule has 4 rings (SSSR count). The highest BCUT2D eigenvalue weighted by molar-refractivity contribution is 5.99. The Labute approximate surface area is 199 Å². The Morgan fingerprint density at radius 3 is 2.54 bits per heavy atom. The summed E-state index contributed by atoms with van der Waals surface area (Å²) < 4.78 is 27.6. The van der Waals surface area contributed by atoms with Crippen molar-refractivity contribution < 1.29 is 43.2 Å². The summed E-state index contributed by atoms with van der Waals surface area (Å²) in [5, 5.41) is 24.1. The molecular formula is C23H28N2O10. The number of carbonyl (C=O) groups is 2. The van der Waals surface area contributed by atoms with Gasteiger partial charge in [-0.1, -0.05) is 0 Å². The average molecular weight is 492 g/mol. The van der Waals surface area contributed by atoms with E-state index in [-0.39, 0.29) is 34.2 Å². The number of rotatable bonds is 6. The minimum atomic E-state index is -1.48. The third-order valence-corrected chi connectivity index (χ3v) is 6.21. The van der Waals surface area contributed by atoms with Gasteiger partial charge in [-0.15, -0.1) is 0 Å². The molecule has 0 spiro atoms. The average Bonchev–Trinajstić information content (AvgIpc) is 3.62. The van der Waals surface area contributed by atoms with Gasteiger partial charge >= 0.3 is 11.7 Å². The minimum Gasteiger partial charge on any atom is -0.505 e. The SMILES string of the molecule is CO[C@@H]1[C@@H](OC(N)=O)[C@@H](O)[C@H](Oc2ccc3c(O)c(NC(=O)C4CC4)c(=O)oc3c2C)OC1(C)C. The molecule has 0 unspecified atom stereocenters. The summed E-state index contributed by atoms with van der Waals surface area (Å²) in [5.41, 5.74) is 3.22. The van der Waals surface area contributed by atoms with Crippen molar-refractivity contribution in [2.45, 2.75) is 63.8 Å². The molecule has 2 heterocycles. The molecule has 5 N–H and O–H groups in total. The van der Waals surface area contributed by atoms with Crippen molar-refractivity contribution in [1.82, 2.24) is 0 Å². The molecule has 1 aliphatic carbocycles. The number of nitrogens with two attached hydrogens (primary N) is 1. The van der Waals surface area contributed by atoms with Gasteiger partial charge in [0.05, 0.1) is 11.0 Å². The fourth-order valence-corrected chi connectivity index (χ4v) is 4.24. The normalized spacial score (nSPS) is 25.7. The van der Waals surface area contributed by atoms with Gasteiger partial charge in [-0.3, -0.25) is 4.79 Å². The van der Waals surface area contributed by atoms with Crippen LogP contribution in [0.25, 0.3) is 11.0 Å². The zero-order valence-electron chi connectivity index (χ0n) is 19.7. The van der Waals surface area contributed by atoms with Gasteiger partial charge in [0.2, 0.25) is 12.2 Å². The molecule has 2 aromatic rings. The number of primary amides is 1. The highest BCUT2D eigenvalue weighted by Crippen LogP contribution is 2.39. The summed E-state index contributed by atoms with van der Waals surface area (Å²) >= 11 is 0. The van der Waals surface area contributed by atoms with E-state index in [1.807, 2.05) is 0 Å². The molecule has 1 aliphatic heterocycles. The van der Waals surface area contributed by atoms with Crippen molar-refractivity contribution in [3.05, 3.63) is 28.1 Å². The first kappa shape index (κ1) is 24.8. The predicted molar refractivity (Wildman–Crippen MR) is 121 cm³/mol. The number of aromatic hydroxyl groups is 1. The second-order valence-electron chi connectivity index (χ2n) is 9.20. The number of fused-ring (bicyclic) bond motifs is 1. The summed E-state index contributed by atoms with van der Waals surface area (Å²) in [7, 11) is 1.38. The Morgan fingerprint density at radius 2 is 1.94 bits per heavy atom. The van der Waals surface area contributed by atoms with Gasteiger partial charge in [-0.05, 0) is 45.7 Å². The molecule has 2 amide bonds. The largest absolute Gasteiger partial charge is 0.505 e. The van der Waals surface area contributed by atoms with Crippen LogP contribution in [-0.4, -0.2) is 59.5 Å². The molecule has 4 atom stereocenters. The summed E-state index contributed by atoms with van der Waals surface area (Å²) in [4.78, 5) is 36.0. The number of benzene rings is 1. The summed E-state index contributed by atoms with van der Waals surface area (Å²) in [6, 6.07) is 2.93. The molecule has 12 heteroatoms. The van der Waals surface area contributed by atoms with Crippen LogP contribution in [0.5, 0.6) is 11.5 Å². The molecule has 2 aliphatic rings. The first-order valence-electron chi connectivity index (χ1n) is 11.1. The van der Waals surface area contributed by atoms with Crippen LogP contribution in [0.15, 0.2) is 21.3 Å². The lowest BCUT2D eigenvalue weighted by atomic mass is 9.89. The third-order valence-electron chi connectivity index (χ3n) is 6.21. The number of ether oxygens (including phenoxy) is 4. The van der Waals surface area contributed by atoms with Crippen LogP contribution in [0.2, 0.25) is 0 Å². The second-order valence-corrected chi connectivity index (χ2v) is 9.20. The van der Waals surface area contributed by atoms with E-state index in [1.54, 1.807) is 20.8 Å². The van der Waals surface area contributed by atoms with Gasteiger partial charge in [-0.25, -0.2) is 9.59 Å². The lowest BCUT2D eigenvalue weighted by Crippen LogP contribution is -2.65. The number of anilines is 1. The van der Waals surface area contributed by atoms with E-state index in [2.05, 4.69) is 5.32 Å². The van der Waals surface area contributed by atoms with E-state index >= 15 is 0 Å². The molecule has 2 fully saturated rings. The maximum absolute atomic E-state index is 12.5. The molecule has 1 saturated heterocycles. The molecule has 0 radical (unpaired) electrons. The zero-order valence-corrected chi connectivity index (χ0v) is 19.7. The molecule has 35 heavy (non-hydrogen) atoms. The van der Waals surface area contributed by atoms with Crippen LogP contribution < -0.4 is 21.4 Å². The summed E-state index contributed by atoms with van der Waals surface area (Å²) in [6.07, 6.45) is -4.46. The summed E-state index contributed by atoms with van der Waals surface area (Å²) in [5.74, 6) is -0.777. The molecule has 1 aromatic carbocycles. The van der Waals surface area contributed by atoms with E-state index in [4.69, 9.17) is 29.1 Å². The van der Waals surface area contributed by atoms with Crippen LogP contribution in [0.1, 0.15) is 32.3 Å². The molecule has 12 nitrogen and oxygen atoms in total. The second kappa shape index (κ2) is 9.02. The Kier molecular flexibility index (Phi) is 6.38. The van der Waals surface area contributed by atoms with Crippen molar-refractivity contribution in [2.75, 3.05) is 12.4 Å². The van der Waals surface area contributed by atoms with Crippen molar-refractivity contribution >= 4 is 28.7 Å². The number of aryl methyl sites for hydroxylation is 1. The topological polar surface area (TPSA) is 180 Å². The van der Waals surface area contributed by atoms with Crippen molar-refractivity contribution in [3.63, 3.8) is 0 Å². The van der Waals surface area contributed by atoms with E-state index in [0.29, 0.717) is 5.56 Å². The number of hydrogen-bond donors (Lipinski definition) is 4. The number of hydrogen-bond acceptors (Lipinski definition) is 10. The van der Waals surface area contributed by atoms with Gasteiger partial charge in [0.25, 0.3) is 0 Å². The minimum absolute atomic E-state index is 0.0266. The lowest BCUT2D eigenvalue weighted by Gasteiger charge is -2.47. The van der Waals surface area contributed by atoms with Crippen LogP contribution in [0, 0.1) is 12.8 Å². The van der Waals surface area contributed by atoms with Crippen LogP contribution in [-0.2, 0) is 19.0 Å². The van der Waals surface area contributed by atoms with Crippen molar-refractivity contribution in [1.29, 1.82) is 0 Å². The standard InChI is InChI=1S/C23H28N2O10/c1-9-12(32-21-15(27)17(34-22(24)30)18(31-4)23(2,3)35-21)8-7-11-14(26)13(20(29)33-16(9)11)25-19(28)10-5-6-10/h7-8,10,15,17-18,21,26-27H,5-6H2,1-4H3,(H2,24,30)(H,25,28)/t15-,17+,18-,21-/m1/s1. The summed E-state index contributed by atoms with van der Waals surface area (Å²) in [6.45, 7) is 4.92. The van der Waals surface area contributed by atoms with Gasteiger partial charge in [-0.2, -0.15) is 0 Å². The van der Waals surface area contributed by atoms with E-state index < -0.39 is 47.7 Å². The number of amides is 2. The fourth-order valence-electron chi connectivity index (χ4n) is 4.24. The van der Waals surface area contributed by atoms with Gasteiger partial charge < -0.3 is 44.6 Å². The zero-order chi connectivity index (χ0) is 25.7. The number of aliphatic hydroxyl groups excluding tert-OH is 1. The first-order chi connectivity index (χ1) is 16.4. The lowest BCUT2D eigenvalue weighted by molar-refractivity contribution is -0.304. The molecular weight excluding hydrogens is 464 g/mol. The molecule has 1 aromatic heterocycles. The van der Waals surface area contributed by atoms with E-state index in [9.17, 15) is 24.6 Å². The Morgan fingerprint density at radius 1 is 1.26 bits per heavy atom. The van der Waals surface area contributed by atoms with E-state index in [1.165, 1.54) is 19.2 Å². The number of carbonyl (C=O) groups excluding carboxylic acids is 2. The maximum Gasteiger partial charge on any atom is 0.404 e. The Balaban J connectivity index is 1.66. The quantitative estimate of drug-likeness (QED) is 0.432. The molecule has 1 saturated carbocycles. The first-order valence-corrected chi connectivity index (χ1v) is 11.1. The molecule has 190 valence electrons. The highest BCUT2D eigenvalue weighted by Gasteiger charge is 2.53. The molecule has 0 bridgehead atoms. The van der Waals surface area contributed by atoms with Crippen LogP contribution in [0.3, 0.4) is 0 Å². The van der Waals surface area contributed by atoms with Crippen LogP contribution in [0.4, 0.5) is 10.5 Å². The predicted octanol–water partition coefficient (Wildman–Crippen LogP) is 1.51.